The van der Waals surface area contributed by atoms with Gasteiger partial charge in [-0.25, -0.2) is 5.43 Å². The SMILES string of the molecule is Cc1occc1C(NN)c1cc(Cl)ccc1Cl. The van der Waals surface area contributed by atoms with E-state index in [-0.39, 0.29) is 6.04 Å². The third-order valence-electron chi connectivity index (χ3n) is 2.65. The van der Waals surface area contributed by atoms with Gasteiger partial charge in [0.05, 0.1) is 12.3 Å². The van der Waals surface area contributed by atoms with Crippen molar-refractivity contribution in [1.29, 1.82) is 0 Å². The van der Waals surface area contributed by atoms with Gasteiger partial charge in [-0.3, -0.25) is 5.84 Å². The number of hydrazine groups is 1. The molecule has 2 aromatic rings. The molecule has 0 radical (unpaired) electrons. The molecule has 17 heavy (non-hydrogen) atoms. The molecular weight excluding hydrogens is 259 g/mol. The van der Waals surface area contributed by atoms with E-state index in [0.717, 1.165) is 16.9 Å². The zero-order valence-electron chi connectivity index (χ0n) is 9.21. The average molecular weight is 271 g/mol. The van der Waals surface area contributed by atoms with Crippen LogP contribution in [0.3, 0.4) is 0 Å². The molecule has 0 bridgehead atoms. The van der Waals surface area contributed by atoms with Crippen molar-refractivity contribution >= 4 is 23.2 Å². The highest BCUT2D eigenvalue weighted by Crippen LogP contribution is 2.31. The highest BCUT2D eigenvalue weighted by atomic mass is 35.5. The first-order chi connectivity index (χ1) is 8.13. The molecule has 0 aliphatic carbocycles. The molecule has 0 fully saturated rings. The van der Waals surface area contributed by atoms with Gasteiger partial charge in [0.1, 0.15) is 5.76 Å². The number of nitrogens with two attached hydrogens (primary N) is 1. The lowest BCUT2D eigenvalue weighted by atomic mass is 10.00. The summed E-state index contributed by atoms with van der Waals surface area (Å²) in [5, 5.41) is 1.23. The number of benzene rings is 1. The van der Waals surface area contributed by atoms with Crippen LogP contribution < -0.4 is 11.3 Å². The maximum atomic E-state index is 6.15. The van der Waals surface area contributed by atoms with Crippen molar-refractivity contribution in [1.82, 2.24) is 5.43 Å². The summed E-state index contributed by atoms with van der Waals surface area (Å²) in [7, 11) is 0. The van der Waals surface area contributed by atoms with Crippen LogP contribution in [0, 0.1) is 6.92 Å². The van der Waals surface area contributed by atoms with Gasteiger partial charge in [0.25, 0.3) is 0 Å². The fourth-order valence-corrected chi connectivity index (χ4v) is 2.18. The molecule has 1 heterocycles. The van der Waals surface area contributed by atoms with Crippen molar-refractivity contribution in [3.8, 4) is 0 Å². The maximum Gasteiger partial charge on any atom is 0.105 e. The van der Waals surface area contributed by atoms with E-state index in [1.807, 2.05) is 13.0 Å². The molecular formula is C12H12Cl2N2O. The van der Waals surface area contributed by atoms with Crippen molar-refractivity contribution in [3.05, 3.63) is 57.5 Å². The predicted molar refractivity (Wildman–Crippen MR) is 69.1 cm³/mol. The first kappa shape index (κ1) is 12.5. The van der Waals surface area contributed by atoms with Crippen molar-refractivity contribution in [2.75, 3.05) is 0 Å². The topological polar surface area (TPSA) is 51.2 Å². The van der Waals surface area contributed by atoms with E-state index in [9.17, 15) is 0 Å². The largest absolute Gasteiger partial charge is 0.469 e. The molecule has 5 heteroatoms. The molecule has 1 unspecified atom stereocenters. The Kier molecular flexibility index (Phi) is 3.74. The molecule has 3 N–H and O–H groups in total. The molecule has 1 atom stereocenters. The molecule has 0 aliphatic rings. The van der Waals surface area contributed by atoms with E-state index in [1.54, 1.807) is 24.5 Å². The van der Waals surface area contributed by atoms with Crippen LogP contribution in [0.5, 0.6) is 0 Å². The fourth-order valence-electron chi connectivity index (χ4n) is 1.78. The maximum absolute atomic E-state index is 6.15. The average Bonchev–Trinajstić information content (AvgIpc) is 2.71. The lowest BCUT2D eigenvalue weighted by Gasteiger charge is -2.17. The van der Waals surface area contributed by atoms with Crippen LogP contribution in [0.15, 0.2) is 34.9 Å². The molecule has 0 saturated heterocycles. The summed E-state index contributed by atoms with van der Waals surface area (Å²) in [5.41, 5.74) is 4.49. The van der Waals surface area contributed by atoms with Gasteiger partial charge in [-0.15, -0.1) is 0 Å². The summed E-state index contributed by atoms with van der Waals surface area (Å²) in [6.07, 6.45) is 1.62. The highest BCUT2D eigenvalue weighted by Gasteiger charge is 2.19. The Morgan fingerprint density at radius 3 is 2.59 bits per heavy atom. The van der Waals surface area contributed by atoms with Crippen molar-refractivity contribution in [2.45, 2.75) is 13.0 Å². The van der Waals surface area contributed by atoms with Gasteiger partial charge in [-0.1, -0.05) is 23.2 Å². The van der Waals surface area contributed by atoms with Crippen LogP contribution in [-0.2, 0) is 0 Å². The second-order valence-electron chi connectivity index (χ2n) is 3.70. The van der Waals surface area contributed by atoms with Gasteiger partial charge >= 0.3 is 0 Å². The number of hydrogen-bond donors (Lipinski definition) is 2. The van der Waals surface area contributed by atoms with E-state index in [2.05, 4.69) is 5.43 Å². The van der Waals surface area contributed by atoms with Gasteiger partial charge in [0.15, 0.2) is 0 Å². The third kappa shape index (κ3) is 2.48. The second-order valence-corrected chi connectivity index (χ2v) is 4.54. The van der Waals surface area contributed by atoms with Gasteiger partial charge in [0, 0.05) is 15.6 Å². The van der Waals surface area contributed by atoms with E-state index in [1.165, 1.54) is 0 Å². The Bertz CT molecular complexity index is 525. The lowest BCUT2D eigenvalue weighted by molar-refractivity contribution is 0.520. The normalized spacial score (nSPS) is 12.7. The smallest absolute Gasteiger partial charge is 0.105 e. The monoisotopic (exact) mass is 270 g/mol. The number of furan rings is 1. The Hall–Kier alpha value is -1.000. The van der Waals surface area contributed by atoms with Crippen molar-refractivity contribution in [2.24, 2.45) is 5.84 Å². The van der Waals surface area contributed by atoms with E-state index in [4.69, 9.17) is 33.5 Å². The van der Waals surface area contributed by atoms with Crippen LogP contribution in [0.2, 0.25) is 10.0 Å². The van der Waals surface area contributed by atoms with Crippen molar-refractivity contribution < 1.29 is 4.42 Å². The molecule has 1 aromatic carbocycles. The Balaban J connectivity index is 2.49. The van der Waals surface area contributed by atoms with Crippen LogP contribution in [0.1, 0.15) is 22.9 Å². The Morgan fingerprint density at radius 2 is 2.00 bits per heavy atom. The summed E-state index contributed by atoms with van der Waals surface area (Å²) >= 11 is 12.1. The number of aryl methyl sites for hydroxylation is 1. The molecule has 0 spiro atoms. The molecule has 2 rings (SSSR count). The third-order valence-corrected chi connectivity index (χ3v) is 3.22. The van der Waals surface area contributed by atoms with Gasteiger partial charge in [-0.2, -0.15) is 0 Å². The van der Waals surface area contributed by atoms with Gasteiger partial charge in [-0.05, 0) is 36.8 Å². The fraction of sp³-hybridized carbons (Fsp3) is 0.167. The van der Waals surface area contributed by atoms with Crippen LogP contribution in [0.4, 0.5) is 0 Å². The zero-order chi connectivity index (χ0) is 12.4. The Morgan fingerprint density at radius 1 is 1.24 bits per heavy atom. The standard InChI is InChI=1S/C12H12Cl2N2O/c1-7-9(4-5-17-7)12(16-15)10-6-8(13)2-3-11(10)14/h2-6,12,16H,15H2,1H3. The molecule has 0 aliphatic heterocycles. The van der Waals surface area contributed by atoms with Gasteiger partial charge < -0.3 is 4.42 Å². The minimum atomic E-state index is -0.236. The minimum absolute atomic E-state index is 0.236. The second kappa shape index (κ2) is 5.10. The van der Waals surface area contributed by atoms with Crippen LogP contribution >= 0.6 is 23.2 Å². The predicted octanol–water partition coefficient (Wildman–Crippen LogP) is 3.45. The molecule has 3 nitrogen and oxygen atoms in total. The van der Waals surface area contributed by atoms with E-state index >= 15 is 0 Å². The van der Waals surface area contributed by atoms with Gasteiger partial charge in [0.2, 0.25) is 0 Å². The van der Waals surface area contributed by atoms with Crippen LogP contribution in [-0.4, -0.2) is 0 Å². The molecule has 0 saturated carbocycles. The number of nitrogens with one attached hydrogen (secondary N) is 1. The zero-order valence-corrected chi connectivity index (χ0v) is 10.7. The number of halogens is 2. The quantitative estimate of drug-likeness (QED) is 0.664. The summed E-state index contributed by atoms with van der Waals surface area (Å²) in [5.74, 6) is 6.39. The Labute approximate surface area is 109 Å². The summed E-state index contributed by atoms with van der Waals surface area (Å²) in [4.78, 5) is 0. The highest BCUT2D eigenvalue weighted by molar-refractivity contribution is 6.33. The number of rotatable bonds is 3. The molecule has 1 aromatic heterocycles. The van der Waals surface area contributed by atoms with E-state index < -0.39 is 0 Å². The van der Waals surface area contributed by atoms with Crippen LogP contribution in [0.25, 0.3) is 0 Å². The van der Waals surface area contributed by atoms with Crippen molar-refractivity contribution in [3.63, 3.8) is 0 Å². The summed E-state index contributed by atoms with van der Waals surface area (Å²) in [6, 6.07) is 6.90. The number of hydrogen-bond acceptors (Lipinski definition) is 3. The molecule has 0 amide bonds. The lowest BCUT2D eigenvalue weighted by Crippen LogP contribution is -2.29. The first-order valence-electron chi connectivity index (χ1n) is 5.08. The van der Waals surface area contributed by atoms with E-state index in [0.29, 0.717) is 10.0 Å². The first-order valence-corrected chi connectivity index (χ1v) is 5.84. The summed E-state index contributed by atoms with van der Waals surface area (Å²) in [6.45, 7) is 1.87. The molecule has 90 valence electrons. The summed E-state index contributed by atoms with van der Waals surface area (Å²) < 4.78 is 5.27. The minimum Gasteiger partial charge on any atom is -0.469 e.